The quantitative estimate of drug-likeness (QED) is 0.885. The number of rotatable bonds is 3. The summed E-state index contributed by atoms with van der Waals surface area (Å²) >= 11 is 0. The second-order valence-corrected chi connectivity index (χ2v) is 6.92. The number of piperidine rings is 1. The smallest absolute Gasteiger partial charge is 0.227 e. The van der Waals surface area contributed by atoms with E-state index in [0.29, 0.717) is 5.92 Å². The summed E-state index contributed by atoms with van der Waals surface area (Å²) in [6, 6.07) is 1.94. The van der Waals surface area contributed by atoms with Gasteiger partial charge in [-0.05, 0) is 32.1 Å². The molecule has 0 spiro atoms. The van der Waals surface area contributed by atoms with Crippen LogP contribution in [-0.4, -0.2) is 54.0 Å². The zero-order valence-corrected chi connectivity index (χ0v) is 14.4. The molecule has 0 unspecified atom stereocenters. The maximum atomic E-state index is 11.2. The number of aryl methyl sites for hydroxylation is 1. The van der Waals surface area contributed by atoms with Gasteiger partial charge in [0.15, 0.2) is 0 Å². The summed E-state index contributed by atoms with van der Waals surface area (Å²) in [5.74, 6) is 2.14. The van der Waals surface area contributed by atoms with Crippen LogP contribution in [0, 0.1) is 18.8 Å². The fourth-order valence-corrected chi connectivity index (χ4v) is 3.95. The Balaban J connectivity index is 1.74. The first kappa shape index (κ1) is 16.5. The maximum absolute atomic E-state index is 11.2. The van der Waals surface area contributed by atoms with Crippen LogP contribution in [0.3, 0.4) is 0 Å². The third-order valence-corrected chi connectivity index (χ3v) is 5.44. The van der Waals surface area contributed by atoms with E-state index in [9.17, 15) is 5.11 Å². The molecule has 2 atom stereocenters. The molecule has 2 N–H and O–H groups in total. The van der Waals surface area contributed by atoms with Crippen molar-refractivity contribution in [2.45, 2.75) is 38.7 Å². The summed E-state index contributed by atoms with van der Waals surface area (Å²) in [7, 11) is 1.87. The number of nitrogens with one attached hydrogen (secondary N) is 1. The number of hydrogen-bond acceptors (Lipinski definition) is 6. The summed E-state index contributed by atoms with van der Waals surface area (Å²) in [6.45, 7) is 7.27. The first-order valence-electron chi connectivity index (χ1n) is 8.61. The molecule has 2 aliphatic rings. The van der Waals surface area contributed by atoms with E-state index in [-0.39, 0.29) is 5.92 Å². The molecule has 23 heavy (non-hydrogen) atoms. The highest BCUT2D eigenvalue weighted by molar-refractivity contribution is 5.43. The highest BCUT2D eigenvalue weighted by Crippen LogP contribution is 2.40. The molecule has 1 aromatic rings. The van der Waals surface area contributed by atoms with Crippen molar-refractivity contribution in [2.75, 3.05) is 43.6 Å². The van der Waals surface area contributed by atoms with E-state index in [1.54, 1.807) is 0 Å². The molecule has 2 aliphatic heterocycles. The van der Waals surface area contributed by atoms with Crippen molar-refractivity contribution in [3.63, 3.8) is 0 Å². The van der Waals surface area contributed by atoms with Gasteiger partial charge in [-0.1, -0.05) is 6.92 Å². The number of nitrogens with zero attached hydrogens (tertiary/aromatic N) is 3. The molecule has 0 bridgehead atoms. The third kappa shape index (κ3) is 3.28. The average molecular weight is 320 g/mol. The highest BCUT2D eigenvalue weighted by atomic mass is 16.5. The van der Waals surface area contributed by atoms with Crippen molar-refractivity contribution in [2.24, 2.45) is 11.8 Å². The Morgan fingerprint density at radius 2 is 2.09 bits per heavy atom. The van der Waals surface area contributed by atoms with Crippen LogP contribution in [0.25, 0.3) is 0 Å². The van der Waals surface area contributed by atoms with Gasteiger partial charge in [-0.25, -0.2) is 4.98 Å². The summed E-state index contributed by atoms with van der Waals surface area (Å²) in [4.78, 5) is 11.3. The molecular formula is C17H28N4O2. The molecule has 1 aromatic heterocycles. The average Bonchev–Trinajstić information content (AvgIpc) is 2.57. The van der Waals surface area contributed by atoms with Crippen molar-refractivity contribution in [3.05, 3.63) is 11.8 Å². The monoisotopic (exact) mass is 320 g/mol. The van der Waals surface area contributed by atoms with Crippen LogP contribution in [0.1, 0.15) is 31.9 Å². The normalized spacial score (nSPS) is 29.6. The molecule has 6 nitrogen and oxygen atoms in total. The lowest BCUT2D eigenvalue weighted by molar-refractivity contribution is -0.108. The maximum Gasteiger partial charge on any atom is 0.227 e. The standard InChI is InChI=1S/C17H28N4O2/c1-12-11-21(16-19-13(2)10-15(18-3)20-16)7-6-17(12,22)14-4-8-23-9-5-14/h10,12,14,22H,4-9,11H2,1-3H3,(H,18,19,20)/t12-,17+/m1/s1. The Kier molecular flexibility index (Phi) is 4.73. The summed E-state index contributed by atoms with van der Waals surface area (Å²) < 4.78 is 5.45. The van der Waals surface area contributed by atoms with Gasteiger partial charge < -0.3 is 20.1 Å². The van der Waals surface area contributed by atoms with Gasteiger partial charge in [0.1, 0.15) is 5.82 Å². The number of aromatic nitrogens is 2. The van der Waals surface area contributed by atoms with Crippen LogP contribution >= 0.6 is 0 Å². The molecule has 0 radical (unpaired) electrons. The van der Waals surface area contributed by atoms with Crippen LogP contribution in [0.15, 0.2) is 6.07 Å². The van der Waals surface area contributed by atoms with Gasteiger partial charge in [0.2, 0.25) is 5.95 Å². The van der Waals surface area contributed by atoms with Crippen molar-refractivity contribution >= 4 is 11.8 Å². The minimum absolute atomic E-state index is 0.196. The first-order valence-corrected chi connectivity index (χ1v) is 8.61. The second kappa shape index (κ2) is 6.61. The predicted octanol–water partition coefficient (Wildman–Crippen LogP) is 1.83. The van der Waals surface area contributed by atoms with Crippen molar-refractivity contribution in [1.29, 1.82) is 0 Å². The van der Waals surface area contributed by atoms with Gasteiger partial charge in [0.25, 0.3) is 0 Å². The largest absolute Gasteiger partial charge is 0.389 e. The van der Waals surface area contributed by atoms with E-state index in [1.165, 1.54) is 0 Å². The second-order valence-electron chi connectivity index (χ2n) is 6.92. The minimum atomic E-state index is -0.587. The van der Waals surface area contributed by atoms with Gasteiger partial charge in [-0.15, -0.1) is 0 Å². The molecule has 128 valence electrons. The fraction of sp³-hybridized carbons (Fsp3) is 0.765. The Hall–Kier alpha value is -1.40. The molecule has 6 heteroatoms. The molecule has 0 amide bonds. The number of hydrogen-bond donors (Lipinski definition) is 2. The Labute approximate surface area is 138 Å². The molecule has 3 heterocycles. The SMILES string of the molecule is CNc1cc(C)nc(N2CC[C@@](O)(C3CCOCC3)[C@H](C)C2)n1. The molecular weight excluding hydrogens is 292 g/mol. The summed E-state index contributed by atoms with van der Waals surface area (Å²) in [5, 5.41) is 14.3. The van der Waals surface area contributed by atoms with Crippen LogP contribution < -0.4 is 10.2 Å². The van der Waals surface area contributed by atoms with Gasteiger partial charge in [0.05, 0.1) is 5.60 Å². The van der Waals surface area contributed by atoms with Crippen LogP contribution in [-0.2, 0) is 4.74 Å². The Morgan fingerprint density at radius 3 is 2.74 bits per heavy atom. The zero-order chi connectivity index (χ0) is 16.4. The third-order valence-electron chi connectivity index (χ3n) is 5.44. The van der Waals surface area contributed by atoms with Gasteiger partial charge >= 0.3 is 0 Å². The van der Waals surface area contributed by atoms with E-state index in [0.717, 1.165) is 63.0 Å². The van der Waals surface area contributed by atoms with E-state index in [2.05, 4.69) is 27.1 Å². The number of anilines is 2. The van der Waals surface area contributed by atoms with Crippen LogP contribution in [0.4, 0.5) is 11.8 Å². The van der Waals surface area contributed by atoms with E-state index in [1.807, 2.05) is 20.0 Å². The van der Waals surface area contributed by atoms with E-state index in [4.69, 9.17) is 4.74 Å². The summed E-state index contributed by atoms with van der Waals surface area (Å²) in [5.41, 5.74) is 0.368. The zero-order valence-electron chi connectivity index (χ0n) is 14.4. The Morgan fingerprint density at radius 1 is 1.35 bits per heavy atom. The van der Waals surface area contributed by atoms with Crippen LogP contribution in [0.5, 0.6) is 0 Å². The molecule has 3 rings (SSSR count). The number of aliphatic hydroxyl groups is 1. The lowest BCUT2D eigenvalue weighted by Crippen LogP contribution is -2.56. The minimum Gasteiger partial charge on any atom is -0.389 e. The summed E-state index contributed by atoms with van der Waals surface area (Å²) in [6.07, 6.45) is 2.70. The van der Waals surface area contributed by atoms with Crippen LogP contribution in [0.2, 0.25) is 0 Å². The topological polar surface area (TPSA) is 70.5 Å². The predicted molar refractivity (Wildman–Crippen MR) is 90.8 cm³/mol. The lowest BCUT2D eigenvalue weighted by atomic mass is 9.70. The highest BCUT2D eigenvalue weighted by Gasteiger charge is 2.45. The molecule has 0 aromatic carbocycles. The fourth-order valence-electron chi connectivity index (χ4n) is 3.95. The molecule has 0 saturated carbocycles. The van der Waals surface area contributed by atoms with Crippen molar-refractivity contribution in [1.82, 2.24) is 9.97 Å². The number of ether oxygens (including phenoxy) is 1. The van der Waals surface area contributed by atoms with E-state index < -0.39 is 5.60 Å². The molecule has 2 saturated heterocycles. The van der Waals surface area contributed by atoms with Gasteiger partial charge in [-0.3, -0.25) is 0 Å². The molecule has 0 aliphatic carbocycles. The van der Waals surface area contributed by atoms with Gasteiger partial charge in [-0.2, -0.15) is 4.98 Å². The van der Waals surface area contributed by atoms with Crippen molar-refractivity contribution < 1.29 is 9.84 Å². The van der Waals surface area contributed by atoms with Crippen molar-refractivity contribution in [3.8, 4) is 0 Å². The van der Waals surface area contributed by atoms with E-state index >= 15 is 0 Å². The molecule has 2 fully saturated rings. The van der Waals surface area contributed by atoms with Gasteiger partial charge in [0, 0.05) is 51.0 Å². The lowest BCUT2D eigenvalue weighted by Gasteiger charge is -2.48. The Bertz CT molecular complexity index is 547. The first-order chi connectivity index (χ1) is 11.0.